The molecule has 0 saturated heterocycles. The minimum atomic E-state index is -1.56. The van der Waals surface area contributed by atoms with E-state index in [1.165, 1.54) is 21.3 Å². The van der Waals surface area contributed by atoms with Gasteiger partial charge in [0.2, 0.25) is 0 Å². The van der Waals surface area contributed by atoms with Gasteiger partial charge in [-0.2, -0.15) is 0 Å². The van der Waals surface area contributed by atoms with Crippen molar-refractivity contribution in [2.75, 3.05) is 21.3 Å². The molecule has 0 radical (unpaired) electrons. The summed E-state index contributed by atoms with van der Waals surface area (Å²) >= 11 is 0. The number of cyclic esters (lactones) is 1. The van der Waals surface area contributed by atoms with Crippen LogP contribution >= 0.6 is 0 Å². The molecule has 3 rings (SSSR count). The predicted octanol–water partition coefficient (Wildman–Crippen LogP) is 2.95. The first-order chi connectivity index (χ1) is 12.1. The lowest BCUT2D eigenvalue weighted by Crippen LogP contribution is -2.32. The van der Waals surface area contributed by atoms with Gasteiger partial charge in [-0.15, -0.1) is 0 Å². The lowest BCUT2D eigenvalue weighted by molar-refractivity contribution is -0.184. The first-order valence-corrected chi connectivity index (χ1v) is 7.68. The van der Waals surface area contributed by atoms with E-state index in [0.717, 1.165) is 0 Å². The highest BCUT2D eigenvalue weighted by Gasteiger charge is 2.51. The second kappa shape index (κ2) is 6.57. The summed E-state index contributed by atoms with van der Waals surface area (Å²) in [6, 6.07) is 12.0. The fraction of sp³-hybridized carbons (Fsp3) is 0.263. The van der Waals surface area contributed by atoms with Gasteiger partial charge in [0.1, 0.15) is 0 Å². The van der Waals surface area contributed by atoms with Crippen LogP contribution in [0, 0.1) is 0 Å². The fourth-order valence-corrected chi connectivity index (χ4v) is 3.01. The number of hydrogen-bond acceptors (Lipinski definition) is 6. The van der Waals surface area contributed by atoms with Crippen molar-refractivity contribution in [3.05, 3.63) is 59.2 Å². The summed E-state index contributed by atoms with van der Waals surface area (Å²) in [5.74, 6) is -1.60. The third-order valence-electron chi connectivity index (χ3n) is 4.22. The maximum Gasteiger partial charge on any atom is 0.341 e. The molecule has 1 unspecified atom stereocenters. The van der Waals surface area contributed by atoms with E-state index in [1.807, 2.05) is 6.07 Å². The number of esters is 1. The van der Waals surface area contributed by atoms with Gasteiger partial charge in [0.25, 0.3) is 5.79 Å². The van der Waals surface area contributed by atoms with E-state index >= 15 is 0 Å². The minimum Gasteiger partial charge on any atom is -0.493 e. The van der Waals surface area contributed by atoms with Gasteiger partial charge in [0.05, 0.1) is 31.8 Å². The molecule has 0 amide bonds. The Hall–Kier alpha value is -2.86. The smallest absolute Gasteiger partial charge is 0.341 e. The second-order valence-electron chi connectivity index (χ2n) is 5.54. The van der Waals surface area contributed by atoms with Crippen LogP contribution in [0.3, 0.4) is 0 Å². The Morgan fingerprint density at radius 2 is 1.76 bits per heavy atom. The van der Waals surface area contributed by atoms with Crippen LogP contribution in [0.5, 0.6) is 11.5 Å². The fourth-order valence-electron chi connectivity index (χ4n) is 3.01. The second-order valence-corrected chi connectivity index (χ2v) is 5.54. The normalized spacial score (nSPS) is 18.4. The Morgan fingerprint density at radius 3 is 2.36 bits per heavy atom. The lowest BCUT2D eigenvalue weighted by atomic mass is 9.94. The first kappa shape index (κ1) is 17.0. The molecule has 0 N–H and O–H groups in total. The van der Waals surface area contributed by atoms with E-state index in [0.29, 0.717) is 28.2 Å². The molecule has 0 fully saturated rings. The number of carbonyl (C=O) groups excluding carboxylic acids is 2. The number of carbonyl (C=O) groups is 2. The van der Waals surface area contributed by atoms with Gasteiger partial charge >= 0.3 is 5.97 Å². The number of Topliss-reactive ketones (excluding diaryl/α,β-unsaturated/α-hetero) is 1. The van der Waals surface area contributed by atoms with Crippen molar-refractivity contribution in [3.8, 4) is 11.5 Å². The van der Waals surface area contributed by atoms with Crippen molar-refractivity contribution < 1.29 is 28.5 Å². The SMILES string of the molecule is COc1ccc2c(c1OC)C(CC(=O)c1ccccc1)(OC)OC2=O. The quantitative estimate of drug-likeness (QED) is 0.594. The third-order valence-corrected chi connectivity index (χ3v) is 4.22. The van der Waals surface area contributed by atoms with Crippen molar-refractivity contribution in [2.45, 2.75) is 12.2 Å². The van der Waals surface area contributed by atoms with Crippen molar-refractivity contribution in [1.82, 2.24) is 0 Å². The summed E-state index contributed by atoms with van der Waals surface area (Å²) < 4.78 is 21.7. The van der Waals surface area contributed by atoms with Gasteiger partial charge < -0.3 is 18.9 Å². The highest BCUT2D eigenvalue weighted by atomic mass is 16.7. The molecule has 130 valence electrons. The highest BCUT2D eigenvalue weighted by molar-refractivity contribution is 6.00. The molecule has 0 aliphatic carbocycles. The third kappa shape index (κ3) is 2.74. The van der Waals surface area contributed by atoms with Crippen LogP contribution in [-0.2, 0) is 15.3 Å². The molecule has 0 spiro atoms. The summed E-state index contributed by atoms with van der Waals surface area (Å²) in [4.78, 5) is 25.0. The van der Waals surface area contributed by atoms with Crippen molar-refractivity contribution in [1.29, 1.82) is 0 Å². The maximum absolute atomic E-state index is 12.7. The van der Waals surface area contributed by atoms with Crippen molar-refractivity contribution in [2.24, 2.45) is 0 Å². The van der Waals surface area contributed by atoms with Crippen LogP contribution in [0.4, 0.5) is 0 Å². The zero-order valence-electron chi connectivity index (χ0n) is 14.2. The summed E-state index contributed by atoms with van der Waals surface area (Å²) in [7, 11) is 4.34. The average molecular weight is 342 g/mol. The first-order valence-electron chi connectivity index (χ1n) is 7.68. The summed E-state index contributed by atoms with van der Waals surface area (Å²) in [6.07, 6.45) is -0.171. The van der Waals surface area contributed by atoms with Crippen LogP contribution in [0.15, 0.2) is 42.5 Å². The molecular weight excluding hydrogens is 324 g/mol. The largest absolute Gasteiger partial charge is 0.493 e. The van der Waals surface area contributed by atoms with E-state index in [1.54, 1.807) is 36.4 Å². The zero-order valence-corrected chi connectivity index (χ0v) is 14.2. The molecular formula is C19H18O6. The molecule has 1 aliphatic rings. The molecule has 1 heterocycles. The average Bonchev–Trinajstić information content (AvgIpc) is 2.94. The molecule has 0 aromatic heterocycles. The number of fused-ring (bicyclic) bond motifs is 1. The van der Waals surface area contributed by atoms with Gasteiger partial charge in [0.15, 0.2) is 17.3 Å². The van der Waals surface area contributed by atoms with Crippen LogP contribution < -0.4 is 9.47 Å². The van der Waals surface area contributed by atoms with Crippen molar-refractivity contribution in [3.63, 3.8) is 0 Å². The molecule has 25 heavy (non-hydrogen) atoms. The predicted molar refractivity (Wildman–Crippen MR) is 89.0 cm³/mol. The highest BCUT2D eigenvalue weighted by Crippen LogP contribution is 2.48. The Kier molecular flexibility index (Phi) is 4.46. The zero-order chi connectivity index (χ0) is 18.0. The van der Waals surface area contributed by atoms with E-state index in [2.05, 4.69) is 0 Å². The monoisotopic (exact) mass is 342 g/mol. The van der Waals surface area contributed by atoms with E-state index in [9.17, 15) is 9.59 Å². The van der Waals surface area contributed by atoms with E-state index in [-0.39, 0.29) is 12.2 Å². The van der Waals surface area contributed by atoms with Crippen LogP contribution in [0.1, 0.15) is 32.7 Å². The Balaban J connectivity index is 2.10. The van der Waals surface area contributed by atoms with Gasteiger partial charge in [-0.3, -0.25) is 4.79 Å². The van der Waals surface area contributed by atoms with Gasteiger partial charge in [0, 0.05) is 12.7 Å². The number of benzene rings is 2. The molecule has 1 atom stereocenters. The van der Waals surface area contributed by atoms with E-state index < -0.39 is 11.8 Å². The standard InChI is InChI=1S/C19H18O6/c1-22-15-10-9-13-16(17(15)23-2)19(24-3,25-18(13)21)11-14(20)12-7-5-4-6-8-12/h4-10H,11H2,1-3H3. The Morgan fingerprint density at radius 1 is 1.04 bits per heavy atom. The molecule has 2 aromatic carbocycles. The molecule has 1 aliphatic heterocycles. The number of methoxy groups -OCH3 is 3. The number of ketones is 1. The lowest BCUT2D eigenvalue weighted by Gasteiger charge is -2.28. The summed E-state index contributed by atoms with van der Waals surface area (Å²) in [5.41, 5.74) is 1.16. The molecule has 6 nitrogen and oxygen atoms in total. The minimum absolute atomic E-state index is 0.171. The summed E-state index contributed by atoms with van der Waals surface area (Å²) in [6.45, 7) is 0. The Labute approximate surface area is 145 Å². The summed E-state index contributed by atoms with van der Waals surface area (Å²) in [5, 5.41) is 0. The van der Waals surface area contributed by atoms with E-state index in [4.69, 9.17) is 18.9 Å². The number of hydrogen-bond donors (Lipinski definition) is 0. The molecule has 0 bridgehead atoms. The number of ether oxygens (including phenoxy) is 4. The maximum atomic E-state index is 12.7. The van der Waals surface area contributed by atoms with Crippen LogP contribution in [0.2, 0.25) is 0 Å². The van der Waals surface area contributed by atoms with Crippen LogP contribution in [0.25, 0.3) is 0 Å². The van der Waals surface area contributed by atoms with Crippen LogP contribution in [-0.4, -0.2) is 33.1 Å². The Bertz CT molecular complexity index is 814. The molecule has 2 aromatic rings. The number of rotatable bonds is 6. The molecule has 0 saturated carbocycles. The topological polar surface area (TPSA) is 71.1 Å². The van der Waals surface area contributed by atoms with Gasteiger partial charge in [-0.1, -0.05) is 30.3 Å². The molecule has 6 heteroatoms. The van der Waals surface area contributed by atoms with Gasteiger partial charge in [-0.05, 0) is 12.1 Å². The van der Waals surface area contributed by atoms with Crippen molar-refractivity contribution >= 4 is 11.8 Å². The van der Waals surface area contributed by atoms with Gasteiger partial charge in [-0.25, -0.2) is 4.79 Å².